The van der Waals surface area contributed by atoms with Gasteiger partial charge in [-0.1, -0.05) is 349 Å². The van der Waals surface area contributed by atoms with E-state index in [4.69, 9.17) is 37.0 Å². The van der Waals surface area contributed by atoms with Gasteiger partial charge in [-0.2, -0.15) is 0 Å². The van der Waals surface area contributed by atoms with Gasteiger partial charge in [0.05, 0.1) is 26.4 Å². The standard InChI is InChI=1S/C76H148O17P2/c1-6-9-12-15-18-21-23-31-36-40-45-50-55-60-74(79)87-66-72(93-76(81)62-57-52-47-42-37-33-30-28-26-25-27-29-32-34-39-43-48-53-58-69(4)5)68-91-95(84,85)89-64-70(77)63-88-94(82,83)90-67-71(65-86-73(78)59-54-49-44-38-20-17-14-11-8-3)92-75(80)61-56-51-46-41-35-24-22-19-16-13-10-7-2/h69-72,77H,6-68H2,1-5H3,(H,82,83)(H,84,85)/t70-,71+,72+/m0/s1. The molecule has 0 aliphatic rings. The Bertz CT molecular complexity index is 1820. The van der Waals surface area contributed by atoms with Crippen LogP contribution in [0.3, 0.4) is 0 Å². The van der Waals surface area contributed by atoms with Crippen molar-refractivity contribution in [3.8, 4) is 0 Å². The summed E-state index contributed by atoms with van der Waals surface area (Å²) in [4.78, 5) is 72.7. The Morgan fingerprint density at radius 2 is 0.484 bits per heavy atom. The summed E-state index contributed by atoms with van der Waals surface area (Å²) in [5.74, 6) is -1.29. The van der Waals surface area contributed by atoms with Gasteiger partial charge in [0.1, 0.15) is 19.3 Å². The first-order valence-electron chi connectivity index (χ1n) is 39.6. The summed E-state index contributed by atoms with van der Waals surface area (Å²) in [5.41, 5.74) is 0. The van der Waals surface area contributed by atoms with Gasteiger partial charge in [-0.05, 0) is 31.6 Å². The number of rotatable bonds is 76. The summed E-state index contributed by atoms with van der Waals surface area (Å²) < 4.78 is 68.5. The highest BCUT2D eigenvalue weighted by Gasteiger charge is 2.30. The Labute approximate surface area is 581 Å². The number of hydrogen-bond donors (Lipinski definition) is 3. The fourth-order valence-corrected chi connectivity index (χ4v) is 13.3. The summed E-state index contributed by atoms with van der Waals surface area (Å²) in [6.07, 6.45) is 58.2. The van der Waals surface area contributed by atoms with Crippen LogP contribution in [0.5, 0.6) is 0 Å². The van der Waals surface area contributed by atoms with Crippen LogP contribution in [0, 0.1) is 5.92 Å². The van der Waals surface area contributed by atoms with Crippen LogP contribution in [0.25, 0.3) is 0 Å². The molecule has 0 amide bonds. The van der Waals surface area contributed by atoms with Crippen LogP contribution in [0.2, 0.25) is 0 Å². The zero-order valence-electron chi connectivity index (χ0n) is 61.8. The molecule has 3 N–H and O–H groups in total. The number of esters is 4. The minimum absolute atomic E-state index is 0.108. The molecule has 0 aromatic rings. The Kier molecular flexibility index (Phi) is 67.7. The summed E-state index contributed by atoms with van der Waals surface area (Å²) >= 11 is 0. The van der Waals surface area contributed by atoms with Crippen LogP contribution in [0.1, 0.15) is 401 Å². The molecule has 0 aromatic heterocycles. The van der Waals surface area contributed by atoms with Crippen LogP contribution >= 0.6 is 15.6 Å². The number of hydrogen-bond acceptors (Lipinski definition) is 15. The molecule has 95 heavy (non-hydrogen) atoms. The second kappa shape index (κ2) is 69.2. The lowest BCUT2D eigenvalue weighted by Gasteiger charge is -2.21. The molecular formula is C76H148O17P2. The van der Waals surface area contributed by atoms with E-state index in [0.717, 1.165) is 95.8 Å². The summed E-state index contributed by atoms with van der Waals surface area (Å²) in [6, 6.07) is 0. The highest BCUT2D eigenvalue weighted by atomic mass is 31.2. The van der Waals surface area contributed by atoms with Crippen LogP contribution in [-0.4, -0.2) is 96.7 Å². The van der Waals surface area contributed by atoms with Crippen molar-refractivity contribution in [1.29, 1.82) is 0 Å². The molecule has 564 valence electrons. The zero-order chi connectivity index (χ0) is 69.8. The lowest BCUT2D eigenvalue weighted by atomic mass is 10.0. The minimum atomic E-state index is -4.96. The maximum Gasteiger partial charge on any atom is 0.472 e. The number of phosphoric ester groups is 2. The number of aliphatic hydroxyl groups is 1. The van der Waals surface area contributed by atoms with E-state index in [1.54, 1.807) is 0 Å². The predicted octanol–water partition coefficient (Wildman–Crippen LogP) is 22.5. The molecule has 0 spiro atoms. The number of phosphoric acid groups is 2. The van der Waals surface area contributed by atoms with E-state index in [2.05, 4.69) is 34.6 Å². The van der Waals surface area contributed by atoms with E-state index in [1.807, 2.05) is 0 Å². The van der Waals surface area contributed by atoms with Crippen LogP contribution in [0.4, 0.5) is 0 Å². The van der Waals surface area contributed by atoms with Gasteiger partial charge in [-0.15, -0.1) is 0 Å². The molecule has 0 bridgehead atoms. The number of aliphatic hydroxyl groups excluding tert-OH is 1. The van der Waals surface area contributed by atoms with E-state index in [-0.39, 0.29) is 25.7 Å². The van der Waals surface area contributed by atoms with Gasteiger partial charge < -0.3 is 33.8 Å². The van der Waals surface area contributed by atoms with E-state index in [0.29, 0.717) is 25.7 Å². The van der Waals surface area contributed by atoms with Crippen molar-refractivity contribution in [2.24, 2.45) is 5.92 Å². The maximum absolute atomic E-state index is 13.1. The number of ether oxygens (including phenoxy) is 4. The molecule has 0 aromatic carbocycles. The third-order valence-electron chi connectivity index (χ3n) is 17.8. The number of carbonyl (C=O) groups excluding carboxylic acids is 4. The van der Waals surface area contributed by atoms with Crippen molar-refractivity contribution in [2.45, 2.75) is 419 Å². The van der Waals surface area contributed by atoms with Crippen LogP contribution < -0.4 is 0 Å². The fraction of sp³-hybridized carbons (Fsp3) is 0.947. The summed E-state index contributed by atoms with van der Waals surface area (Å²) in [5, 5.41) is 10.6. The predicted molar refractivity (Wildman–Crippen MR) is 386 cm³/mol. The van der Waals surface area contributed by atoms with Crippen molar-refractivity contribution in [2.75, 3.05) is 39.6 Å². The fourth-order valence-electron chi connectivity index (χ4n) is 11.7. The average Bonchev–Trinajstić information content (AvgIpc) is 1.45. The zero-order valence-corrected chi connectivity index (χ0v) is 63.6. The van der Waals surface area contributed by atoms with Crippen molar-refractivity contribution in [1.82, 2.24) is 0 Å². The van der Waals surface area contributed by atoms with Gasteiger partial charge in [0.25, 0.3) is 0 Å². The monoisotopic (exact) mass is 1400 g/mol. The largest absolute Gasteiger partial charge is 0.472 e. The lowest BCUT2D eigenvalue weighted by Crippen LogP contribution is -2.30. The molecule has 0 rings (SSSR count). The van der Waals surface area contributed by atoms with Gasteiger partial charge in [0.2, 0.25) is 0 Å². The Balaban J connectivity index is 5.18. The van der Waals surface area contributed by atoms with E-state index < -0.39 is 97.5 Å². The van der Waals surface area contributed by atoms with Crippen LogP contribution in [-0.2, 0) is 65.4 Å². The van der Waals surface area contributed by atoms with Crippen LogP contribution in [0.15, 0.2) is 0 Å². The van der Waals surface area contributed by atoms with Gasteiger partial charge in [0, 0.05) is 25.7 Å². The molecule has 0 saturated heterocycles. The highest BCUT2D eigenvalue weighted by molar-refractivity contribution is 7.47. The molecule has 19 heteroatoms. The Morgan fingerprint density at radius 1 is 0.284 bits per heavy atom. The SMILES string of the molecule is CCCCCCCCCCCCCCCC(=O)OC[C@H](COP(=O)(O)OC[C@@H](O)COP(=O)(O)OC[C@@H](COC(=O)CCCCCCCCCCC)OC(=O)CCCCCCCCCCCCCC)OC(=O)CCCCCCCCCCCCCCCCCCCCC(C)C. The maximum atomic E-state index is 13.1. The van der Waals surface area contributed by atoms with Crippen molar-refractivity contribution in [3.05, 3.63) is 0 Å². The van der Waals surface area contributed by atoms with E-state index in [9.17, 15) is 43.2 Å². The third kappa shape index (κ3) is 70.3. The lowest BCUT2D eigenvalue weighted by molar-refractivity contribution is -0.161. The second-order valence-corrected chi connectivity index (χ2v) is 30.8. The van der Waals surface area contributed by atoms with Crippen molar-refractivity contribution in [3.63, 3.8) is 0 Å². The van der Waals surface area contributed by atoms with Crippen molar-refractivity contribution >= 4 is 39.5 Å². The number of carbonyl (C=O) groups is 4. The highest BCUT2D eigenvalue weighted by Crippen LogP contribution is 2.45. The molecule has 0 aliphatic carbocycles. The summed E-state index contributed by atoms with van der Waals surface area (Å²) in [7, 11) is -9.90. The molecule has 0 aliphatic heterocycles. The van der Waals surface area contributed by atoms with Gasteiger partial charge in [-0.25, -0.2) is 9.13 Å². The van der Waals surface area contributed by atoms with Crippen molar-refractivity contribution < 1.29 is 80.2 Å². The molecule has 0 saturated carbocycles. The molecule has 0 radical (unpaired) electrons. The Hall–Kier alpha value is -1.94. The van der Waals surface area contributed by atoms with Gasteiger partial charge in [0.15, 0.2) is 12.2 Å². The molecular weight excluding hydrogens is 1250 g/mol. The van der Waals surface area contributed by atoms with Gasteiger partial charge >= 0.3 is 39.5 Å². The molecule has 0 fully saturated rings. The quantitative estimate of drug-likeness (QED) is 0.0222. The second-order valence-electron chi connectivity index (χ2n) is 27.9. The number of unbranched alkanes of at least 4 members (excludes halogenated alkanes) is 48. The van der Waals surface area contributed by atoms with E-state index >= 15 is 0 Å². The summed E-state index contributed by atoms with van der Waals surface area (Å²) in [6.45, 7) is 7.31. The normalized spacial score (nSPS) is 13.9. The molecule has 2 unspecified atom stereocenters. The van der Waals surface area contributed by atoms with Gasteiger partial charge in [-0.3, -0.25) is 37.3 Å². The first kappa shape index (κ1) is 93.1. The third-order valence-corrected chi connectivity index (χ3v) is 19.7. The smallest absolute Gasteiger partial charge is 0.462 e. The topological polar surface area (TPSA) is 237 Å². The first-order valence-corrected chi connectivity index (χ1v) is 42.6. The minimum Gasteiger partial charge on any atom is -0.462 e. The molecule has 17 nitrogen and oxygen atoms in total. The molecule has 0 heterocycles. The van der Waals surface area contributed by atoms with E-state index in [1.165, 1.54) is 225 Å². The average molecular weight is 1400 g/mol. The molecule has 5 atom stereocenters. The Morgan fingerprint density at radius 3 is 0.716 bits per heavy atom. The first-order chi connectivity index (χ1) is 46.0.